The maximum atomic E-state index is 12.8. The van der Waals surface area contributed by atoms with Gasteiger partial charge >= 0.3 is 0 Å². The first-order valence-corrected chi connectivity index (χ1v) is 9.17. The summed E-state index contributed by atoms with van der Waals surface area (Å²) in [5.74, 6) is 1.69. The van der Waals surface area contributed by atoms with E-state index in [9.17, 15) is 4.79 Å². The maximum absolute atomic E-state index is 12.8. The number of rotatable bonds is 4. The molecule has 2 aromatic carbocycles. The fraction of sp³-hybridized carbons (Fsp3) is 0.0500. The number of nitrogens with zero attached hydrogens (tertiary/aromatic N) is 4. The van der Waals surface area contributed by atoms with Gasteiger partial charge in [0.2, 0.25) is 11.6 Å². The molecule has 0 saturated heterocycles. The Morgan fingerprint density at radius 1 is 1.00 bits per heavy atom. The Bertz CT molecular complexity index is 1270. The second-order valence-corrected chi connectivity index (χ2v) is 7.05. The van der Waals surface area contributed by atoms with E-state index < -0.39 is 0 Å². The summed E-state index contributed by atoms with van der Waals surface area (Å²) in [4.78, 5) is 17.4. The molecule has 132 valence electrons. The Hall–Kier alpha value is -3.19. The van der Waals surface area contributed by atoms with E-state index in [1.165, 1.54) is 0 Å². The third kappa shape index (κ3) is 2.67. The first-order valence-electron chi connectivity index (χ1n) is 8.37. The lowest BCUT2D eigenvalue weighted by atomic mass is 10.1. The van der Waals surface area contributed by atoms with Crippen molar-refractivity contribution < 1.29 is 9.21 Å². The van der Waals surface area contributed by atoms with E-state index in [2.05, 4.69) is 26.0 Å². The lowest BCUT2D eigenvalue weighted by molar-refractivity contribution is 0.0974. The van der Waals surface area contributed by atoms with E-state index in [1.54, 1.807) is 16.8 Å². The van der Waals surface area contributed by atoms with Crippen LogP contribution in [-0.2, 0) is 6.54 Å². The van der Waals surface area contributed by atoms with Gasteiger partial charge in [-0.05, 0) is 36.4 Å². The highest BCUT2D eigenvalue weighted by Crippen LogP contribution is 2.24. The average molecular weight is 421 g/mol. The Labute approximate surface area is 162 Å². The highest BCUT2D eigenvalue weighted by atomic mass is 79.9. The molecule has 0 fully saturated rings. The quantitative estimate of drug-likeness (QED) is 0.398. The van der Waals surface area contributed by atoms with Crippen LogP contribution in [0, 0.1) is 0 Å². The molecule has 0 amide bonds. The van der Waals surface area contributed by atoms with Gasteiger partial charge in [0.1, 0.15) is 0 Å². The van der Waals surface area contributed by atoms with Crippen molar-refractivity contribution in [2.75, 3.05) is 0 Å². The molecule has 5 aromatic rings. The molecule has 0 atom stereocenters. The van der Waals surface area contributed by atoms with E-state index in [4.69, 9.17) is 4.42 Å². The van der Waals surface area contributed by atoms with Crippen molar-refractivity contribution in [3.63, 3.8) is 0 Å². The van der Waals surface area contributed by atoms with Crippen LogP contribution in [0.4, 0.5) is 0 Å². The Kier molecular flexibility index (Phi) is 3.68. The average Bonchev–Trinajstić information content (AvgIpc) is 3.40. The number of fused-ring (bicyclic) bond motifs is 3. The highest BCUT2D eigenvalue weighted by molar-refractivity contribution is 9.10. The molecule has 0 radical (unpaired) electrons. The van der Waals surface area contributed by atoms with Gasteiger partial charge in [-0.3, -0.25) is 4.79 Å². The second kappa shape index (κ2) is 6.21. The number of ketones is 1. The molecule has 0 aliphatic rings. The topological polar surface area (TPSA) is 65.3 Å². The summed E-state index contributed by atoms with van der Waals surface area (Å²) in [6, 6.07) is 18.8. The normalized spacial score (nSPS) is 11.4. The number of carbonyl (C=O) groups is 1. The van der Waals surface area contributed by atoms with Crippen molar-refractivity contribution in [3.05, 3.63) is 77.0 Å². The standard InChI is InChI=1S/C20H13BrN4O2/c21-14-9-7-13(8-10-14)17(26)12-24-15-4-1-2-5-16(15)25-20(24)22-19(23-25)18-6-3-11-27-18/h1-11H,12H2. The molecule has 27 heavy (non-hydrogen) atoms. The monoisotopic (exact) mass is 420 g/mol. The highest BCUT2D eigenvalue weighted by Gasteiger charge is 2.19. The fourth-order valence-electron chi connectivity index (χ4n) is 3.16. The lowest BCUT2D eigenvalue weighted by Gasteiger charge is -2.05. The molecule has 0 aliphatic heterocycles. The number of hydrogen-bond donors (Lipinski definition) is 0. The molecule has 0 spiro atoms. The summed E-state index contributed by atoms with van der Waals surface area (Å²) in [5.41, 5.74) is 2.45. The van der Waals surface area contributed by atoms with Gasteiger partial charge in [0, 0.05) is 10.0 Å². The SMILES string of the molecule is O=C(Cn1c2ccccc2n2nc(-c3ccco3)nc12)c1ccc(Br)cc1. The van der Waals surface area contributed by atoms with Crippen LogP contribution in [0.1, 0.15) is 10.4 Å². The number of hydrogen-bond acceptors (Lipinski definition) is 4. The first-order chi connectivity index (χ1) is 13.2. The second-order valence-electron chi connectivity index (χ2n) is 6.13. The first kappa shape index (κ1) is 16.0. The van der Waals surface area contributed by atoms with Gasteiger partial charge in [-0.1, -0.05) is 40.2 Å². The van der Waals surface area contributed by atoms with Crippen LogP contribution in [0.25, 0.3) is 28.4 Å². The minimum atomic E-state index is 0.00769. The van der Waals surface area contributed by atoms with Crippen LogP contribution in [0.5, 0.6) is 0 Å². The number of imidazole rings is 1. The molecule has 0 unspecified atom stereocenters. The maximum Gasteiger partial charge on any atom is 0.234 e. The molecule has 0 N–H and O–H groups in total. The van der Waals surface area contributed by atoms with Crippen LogP contribution < -0.4 is 0 Å². The van der Waals surface area contributed by atoms with Crippen molar-refractivity contribution in [1.29, 1.82) is 0 Å². The van der Waals surface area contributed by atoms with Gasteiger partial charge in [0.15, 0.2) is 11.5 Å². The van der Waals surface area contributed by atoms with Gasteiger partial charge in [-0.2, -0.15) is 9.50 Å². The Balaban J connectivity index is 1.65. The lowest BCUT2D eigenvalue weighted by Crippen LogP contribution is -2.10. The molecule has 0 saturated carbocycles. The van der Waals surface area contributed by atoms with Crippen molar-refractivity contribution in [2.45, 2.75) is 6.54 Å². The summed E-state index contributed by atoms with van der Waals surface area (Å²) in [5, 5.41) is 4.57. The Morgan fingerprint density at radius 3 is 2.52 bits per heavy atom. The van der Waals surface area contributed by atoms with Crippen LogP contribution in [0.2, 0.25) is 0 Å². The number of benzene rings is 2. The number of Topliss-reactive ketones (excluding diaryl/α,β-unsaturated/α-hetero) is 1. The van der Waals surface area contributed by atoms with Crippen molar-refractivity contribution in [1.82, 2.24) is 19.2 Å². The predicted molar refractivity (Wildman–Crippen MR) is 105 cm³/mol. The largest absolute Gasteiger partial charge is 0.461 e. The summed E-state index contributed by atoms with van der Waals surface area (Å²) >= 11 is 3.39. The zero-order chi connectivity index (χ0) is 18.4. The number of carbonyl (C=O) groups excluding carboxylic acids is 1. The number of furan rings is 1. The van der Waals surface area contributed by atoms with Crippen LogP contribution in [-0.4, -0.2) is 24.9 Å². The Morgan fingerprint density at radius 2 is 1.78 bits per heavy atom. The molecule has 7 heteroatoms. The van der Waals surface area contributed by atoms with E-state index in [-0.39, 0.29) is 12.3 Å². The van der Waals surface area contributed by atoms with Crippen molar-refractivity contribution in [2.24, 2.45) is 0 Å². The number of para-hydroxylation sites is 2. The van der Waals surface area contributed by atoms with Crippen molar-refractivity contribution >= 4 is 38.5 Å². The zero-order valence-electron chi connectivity index (χ0n) is 14.0. The summed E-state index contributed by atoms with van der Waals surface area (Å²) < 4.78 is 9.99. The van der Waals surface area contributed by atoms with Crippen LogP contribution in [0.15, 0.2) is 75.8 Å². The minimum absolute atomic E-state index is 0.00769. The van der Waals surface area contributed by atoms with E-state index in [0.29, 0.717) is 22.9 Å². The third-order valence-electron chi connectivity index (χ3n) is 4.44. The number of aromatic nitrogens is 4. The van der Waals surface area contributed by atoms with Crippen molar-refractivity contribution in [3.8, 4) is 11.6 Å². The van der Waals surface area contributed by atoms with Gasteiger partial charge in [0.25, 0.3) is 0 Å². The van der Waals surface area contributed by atoms with Crippen LogP contribution in [0.3, 0.4) is 0 Å². The van der Waals surface area contributed by atoms with E-state index in [1.807, 2.05) is 59.2 Å². The zero-order valence-corrected chi connectivity index (χ0v) is 15.6. The molecule has 6 nitrogen and oxygen atoms in total. The summed E-state index contributed by atoms with van der Waals surface area (Å²) in [6.07, 6.45) is 1.59. The van der Waals surface area contributed by atoms with E-state index >= 15 is 0 Å². The fourth-order valence-corrected chi connectivity index (χ4v) is 3.42. The molecular weight excluding hydrogens is 408 g/mol. The minimum Gasteiger partial charge on any atom is -0.461 e. The summed E-state index contributed by atoms with van der Waals surface area (Å²) in [6.45, 7) is 0.176. The molecule has 3 heterocycles. The molecule has 0 bridgehead atoms. The summed E-state index contributed by atoms with van der Waals surface area (Å²) in [7, 11) is 0. The third-order valence-corrected chi connectivity index (χ3v) is 4.97. The molecule has 3 aromatic heterocycles. The van der Waals surface area contributed by atoms with Crippen LogP contribution >= 0.6 is 15.9 Å². The predicted octanol–water partition coefficient (Wildman–Crippen LogP) is 4.59. The van der Waals surface area contributed by atoms with Gasteiger partial charge < -0.3 is 8.98 Å². The van der Waals surface area contributed by atoms with Gasteiger partial charge in [-0.25, -0.2) is 0 Å². The van der Waals surface area contributed by atoms with Gasteiger partial charge in [-0.15, -0.1) is 5.10 Å². The van der Waals surface area contributed by atoms with E-state index in [0.717, 1.165) is 15.5 Å². The molecule has 0 aliphatic carbocycles. The number of halogens is 1. The molecule has 5 rings (SSSR count). The molecular formula is C20H13BrN4O2. The smallest absolute Gasteiger partial charge is 0.234 e. The van der Waals surface area contributed by atoms with Gasteiger partial charge in [0.05, 0.1) is 23.8 Å².